The summed E-state index contributed by atoms with van der Waals surface area (Å²) in [7, 11) is 0. The number of hydrazone groups is 1. The van der Waals surface area contributed by atoms with Gasteiger partial charge in [-0.1, -0.05) is 0 Å². The van der Waals surface area contributed by atoms with Crippen LogP contribution in [0.3, 0.4) is 0 Å². The third-order valence-corrected chi connectivity index (χ3v) is 2.73. The summed E-state index contributed by atoms with van der Waals surface area (Å²) in [5.74, 6) is -1.69. The summed E-state index contributed by atoms with van der Waals surface area (Å²) >= 11 is 1.57. The number of hydrogen-bond acceptors (Lipinski definition) is 7. The lowest BCUT2D eigenvalue weighted by Crippen LogP contribution is -2.22. The number of halogens is 4. The lowest BCUT2D eigenvalue weighted by atomic mass is 10.2. The van der Waals surface area contributed by atoms with Crippen LogP contribution >= 0.6 is 22.6 Å². The Morgan fingerprint density at radius 3 is 2.61 bits per heavy atom. The van der Waals surface area contributed by atoms with E-state index in [1.807, 2.05) is 5.43 Å². The van der Waals surface area contributed by atoms with Gasteiger partial charge in [-0.3, -0.25) is 20.9 Å². The minimum atomic E-state index is -5.10. The highest BCUT2D eigenvalue weighted by atomic mass is 127. The van der Waals surface area contributed by atoms with Gasteiger partial charge in [-0.2, -0.15) is 10.4 Å². The SMILES string of the molecule is N#C/C(=N\Nc1c(OC(F)(F)F)cc(I)cc1[N+](=O)[O-])C(=N)N. The molecule has 1 aromatic carbocycles. The topological polar surface area (TPSA) is 150 Å². The molecule has 4 N–H and O–H groups in total. The number of anilines is 1. The van der Waals surface area contributed by atoms with Crippen LogP contribution < -0.4 is 15.9 Å². The number of nitriles is 1. The van der Waals surface area contributed by atoms with Crippen LogP contribution in [0.5, 0.6) is 5.75 Å². The van der Waals surface area contributed by atoms with Crippen molar-refractivity contribution in [2.75, 3.05) is 5.43 Å². The van der Waals surface area contributed by atoms with Crippen molar-refractivity contribution in [3.63, 3.8) is 0 Å². The molecular formula is C10H6F3IN6O3. The molecule has 122 valence electrons. The predicted octanol–water partition coefficient (Wildman–Crippen LogP) is 2.33. The van der Waals surface area contributed by atoms with Crippen molar-refractivity contribution in [3.05, 3.63) is 25.8 Å². The van der Waals surface area contributed by atoms with Crippen LogP contribution in [0.4, 0.5) is 24.5 Å². The molecule has 0 atom stereocenters. The third-order valence-electron chi connectivity index (χ3n) is 2.11. The molecule has 1 aromatic rings. The Bertz CT molecular complexity index is 728. The fraction of sp³-hybridized carbons (Fsp3) is 0.100. The number of nitro benzene ring substituents is 1. The average molecular weight is 442 g/mol. The number of alkyl halides is 3. The van der Waals surface area contributed by atoms with Crippen LogP contribution in [0.25, 0.3) is 0 Å². The van der Waals surface area contributed by atoms with Crippen molar-refractivity contribution in [3.8, 4) is 11.8 Å². The van der Waals surface area contributed by atoms with Crippen molar-refractivity contribution >= 4 is 45.5 Å². The van der Waals surface area contributed by atoms with Crippen LogP contribution in [-0.2, 0) is 0 Å². The first-order valence-electron chi connectivity index (χ1n) is 5.37. The first kappa shape index (κ1) is 18.4. The maximum atomic E-state index is 12.4. The van der Waals surface area contributed by atoms with Gasteiger partial charge in [-0.25, -0.2) is 0 Å². The van der Waals surface area contributed by atoms with Crippen LogP contribution in [-0.4, -0.2) is 22.8 Å². The summed E-state index contributed by atoms with van der Waals surface area (Å²) in [6.45, 7) is 0. The summed E-state index contributed by atoms with van der Waals surface area (Å²) in [5.41, 5.74) is 4.77. The largest absolute Gasteiger partial charge is 0.573 e. The Kier molecular flexibility index (Phi) is 5.68. The molecule has 9 nitrogen and oxygen atoms in total. The number of ether oxygens (including phenoxy) is 1. The summed E-state index contributed by atoms with van der Waals surface area (Å²) < 4.78 is 41.1. The van der Waals surface area contributed by atoms with Crippen molar-refractivity contribution in [2.45, 2.75) is 6.36 Å². The number of hydrogen-bond donors (Lipinski definition) is 3. The van der Waals surface area contributed by atoms with E-state index in [9.17, 15) is 23.3 Å². The Labute approximate surface area is 139 Å². The number of benzene rings is 1. The van der Waals surface area contributed by atoms with E-state index in [-0.39, 0.29) is 3.57 Å². The zero-order chi connectivity index (χ0) is 17.8. The molecule has 0 heterocycles. The predicted molar refractivity (Wildman–Crippen MR) is 81.1 cm³/mol. The second-order valence-corrected chi connectivity index (χ2v) is 4.95. The van der Waals surface area contributed by atoms with E-state index in [1.165, 1.54) is 6.07 Å². The Morgan fingerprint density at radius 1 is 1.57 bits per heavy atom. The van der Waals surface area contributed by atoms with E-state index >= 15 is 0 Å². The first-order chi connectivity index (χ1) is 10.5. The van der Waals surface area contributed by atoms with Crippen LogP contribution in [0.2, 0.25) is 0 Å². The van der Waals surface area contributed by atoms with Gasteiger partial charge in [0, 0.05) is 9.64 Å². The molecule has 0 radical (unpaired) electrons. The summed E-state index contributed by atoms with van der Waals surface area (Å²) in [4.78, 5) is 10.0. The number of nitrogens with one attached hydrogen (secondary N) is 2. The number of rotatable bonds is 5. The Hall–Kier alpha value is -2.63. The second-order valence-electron chi connectivity index (χ2n) is 3.70. The maximum absolute atomic E-state index is 12.4. The molecule has 0 bridgehead atoms. The van der Waals surface area contributed by atoms with Crippen molar-refractivity contribution in [1.82, 2.24) is 0 Å². The molecule has 0 unspecified atom stereocenters. The standard InChI is InChI=1S/C10H6F3IN6O3/c11-10(12,13)23-7-2-4(14)1-6(20(21)22)8(7)19-18-5(3-15)9(16)17/h1-2,19H,(H3,16,17)/b18-5+. The Balaban J connectivity index is 3.44. The lowest BCUT2D eigenvalue weighted by Gasteiger charge is -2.13. The summed E-state index contributed by atoms with van der Waals surface area (Å²) in [6.07, 6.45) is -5.10. The molecule has 0 aliphatic carbocycles. The van der Waals surface area contributed by atoms with Gasteiger partial charge in [-0.15, -0.1) is 13.2 Å². The molecular weight excluding hydrogens is 436 g/mol. The van der Waals surface area contributed by atoms with E-state index in [0.717, 1.165) is 12.1 Å². The quantitative estimate of drug-likeness (QED) is 0.209. The van der Waals surface area contributed by atoms with Gasteiger partial charge in [0.15, 0.2) is 17.3 Å². The molecule has 1 rings (SSSR count). The zero-order valence-electron chi connectivity index (χ0n) is 10.8. The van der Waals surface area contributed by atoms with Gasteiger partial charge >= 0.3 is 6.36 Å². The van der Waals surface area contributed by atoms with Crippen LogP contribution in [0, 0.1) is 30.4 Å². The number of nitrogens with zero attached hydrogens (tertiary/aromatic N) is 3. The van der Waals surface area contributed by atoms with Gasteiger partial charge in [0.1, 0.15) is 6.07 Å². The van der Waals surface area contributed by atoms with Gasteiger partial charge in [0.2, 0.25) is 5.71 Å². The molecule has 23 heavy (non-hydrogen) atoms. The highest BCUT2D eigenvalue weighted by Gasteiger charge is 2.34. The minimum absolute atomic E-state index is 0.107. The van der Waals surface area contributed by atoms with E-state index in [4.69, 9.17) is 16.4 Å². The molecule has 13 heteroatoms. The zero-order valence-corrected chi connectivity index (χ0v) is 13.0. The lowest BCUT2D eigenvalue weighted by molar-refractivity contribution is -0.384. The van der Waals surface area contributed by atoms with Gasteiger partial charge < -0.3 is 10.5 Å². The van der Waals surface area contributed by atoms with Gasteiger partial charge in [0.25, 0.3) is 5.69 Å². The average Bonchev–Trinajstić information content (AvgIpc) is 2.38. The highest BCUT2D eigenvalue weighted by molar-refractivity contribution is 14.1. The maximum Gasteiger partial charge on any atom is 0.573 e. The number of nitro groups is 1. The van der Waals surface area contributed by atoms with Gasteiger partial charge in [-0.05, 0) is 28.7 Å². The first-order valence-corrected chi connectivity index (χ1v) is 6.45. The van der Waals surface area contributed by atoms with Crippen LogP contribution in [0.1, 0.15) is 0 Å². The van der Waals surface area contributed by atoms with E-state index in [1.54, 1.807) is 22.6 Å². The highest BCUT2D eigenvalue weighted by Crippen LogP contribution is 2.39. The van der Waals surface area contributed by atoms with E-state index in [2.05, 4.69) is 9.84 Å². The molecule has 0 aliphatic rings. The van der Waals surface area contributed by atoms with Gasteiger partial charge in [0.05, 0.1) is 4.92 Å². The number of amidine groups is 1. The van der Waals surface area contributed by atoms with Crippen LogP contribution in [0.15, 0.2) is 17.2 Å². The summed E-state index contributed by atoms with van der Waals surface area (Å²) in [6, 6.07) is 3.26. The third kappa shape index (κ3) is 5.25. The monoisotopic (exact) mass is 442 g/mol. The molecule has 0 saturated carbocycles. The molecule has 0 amide bonds. The Morgan fingerprint density at radius 2 is 2.17 bits per heavy atom. The minimum Gasteiger partial charge on any atom is -0.403 e. The van der Waals surface area contributed by atoms with Crippen molar-refractivity contribution in [2.24, 2.45) is 10.8 Å². The van der Waals surface area contributed by atoms with Crippen molar-refractivity contribution < 1.29 is 22.8 Å². The molecule has 0 saturated heterocycles. The fourth-order valence-corrected chi connectivity index (χ4v) is 1.86. The molecule has 0 spiro atoms. The fourth-order valence-electron chi connectivity index (χ4n) is 1.29. The van der Waals surface area contributed by atoms with Crippen molar-refractivity contribution in [1.29, 1.82) is 10.7 Å². The summed E-state index contributed by atoms with van der Waals surface area (Å²) in [5, 5.41) is 30.0. The van der Waals surface area contributed by atoms with E-state index in [0.29, 0.717) is 0 Å². The normalized spacial score (nSPS) is 11.5. The number of nitrogens with two attached hydrogens (primary N) is 1. The molecule has 0 fully saturated rings. The van der Waals surface area contributed by atoms with E-state index < -0.39 is 40.0 Å². The molecule has 0 aromatic heterocycles. The molecule has 0 aliphatic heterocycles. The second kappa shape index (κ2) is 7.09. The smallest absolute Gasteiger partial charge is 0.403 e.